The molecule has 1 rings (SSSR count). The second-order valence-electron chi connectivity index (χ2n) is 4.97. The van der Waals surface area contributed by atoms with Crippen molar-refractivity contribution >= 4 is 11.6 Å². The molecule has 0 unspecified atom stereocenters. The first-order valence-corrected chi connectivity index (χ1v) is 6.60. The predicted molar refractivity (Wildman–Crippen MR) is 78.9 cm³/mol. The zero-order valence-corrected chi connectivity index (χ0v) is 12.5. The van der Waals surface area contributed by atoms with Crippen LogP contribution < -0.4 is 15.0 Å². The Morgan fingerprint density at radius 3 is 2.63 bits per heavy atom. The lowest BCUT2D eigenvalue weighted by Gasteiger charge is -2.19. The molecular weight excluding hydrogens is 240 g/mol. The fourth-order valence-electron chi connectivity index (χ4n) is 1.85. The molecule has 0 atom stereocenters. The largest absolute Gasteiger partial charge is 0.496 e. The average molecular weight is 264 g/mol. The summed E-state index contributed by atoms with van der Waals surface area (Å²) in [5, 5.41) is 3.24. The van der Waals surface area contributed by atoms with Crippen molar-refractivity contribution < 1.29 is 9.53 Å². The summed E-state index contributed by atoms with van der Waals surface area (Å²) in [7, 11) is 3.45. The lowest BCUT2D eigenvalue weighted by atomic mass is 10.2. The standard InChI is InChI=1S/C15H24N2O2/c1-11(2)16-9-8-15(18)17(4)13-6-7-14(19-5)12(3)10-13/h6-7,10-11,16H,8-9H2,1-5H3. The van der Waals surface area contributed by atoms with E-state index < -0.39 is 0 Å². The zero-order valence-electron chi connectivity index (χ0n) is 12.5. The maximum absolute atomic E-state index is 12.0. The van der Waals surface area contributed by atoms with E-state index in [2.05, 4.69) is 19.2 Å². The molecule has 1 aromatic carbocycles. The summed E-state index contributed by atoms with van der Waals surface area (Å²) >= 11 is 0. The van der Waals surface area contributed by atoms with E-state index in [1.54, 1.807) is 19.1 Å². The minimum Gasteiger partial charge on any atom is -0.496 e. The van der Waals surface area contributed by atoms with Crippen LogP contribution in [0.3, 0.4) is 0 Å². The average Bonchev–Trinajstić information content (AvgIpc) is 2.37. The molecule has 0 fully saturated rings. The van der Waals surface area contributed by atoms with Gasteiger partial charge in [0, 0.05) is 31.7 Å². The van der Waals surface area contributed by atoms with Gasteiger partial charge in [0.2, 0.25) is 5.91 Å². The topological polar surface area (TPSA) is 41.6 Å². The number of hydrogen-bond acceptors (Lipinski definition) is 3. The van der Waals surface area contributed by atoms with Gasteiger partial charge in [0.1, 0.15) is 5.75 Å². The first-order valence-electron chi connectivity index (χ1n) is 6.60. The Bertz CT molecular complexity index is 430. The van der Waals surface area contributed by atoms with Crippen molar-refractivity contribution in [1.82, 2.24) is 5.32 Å². The van der Waals surface area contributed by atoms with E-state index in [4.69, 9.17) is 4.74 Å². The maximum atomic E-state index is 12.0. The van der Waals surface area contributed by atoms with Gasteiger partial charge < -0.3 is 15.0 Å². The van der Waals surface area contributed by atoms with Crippen LogP contribution in [0.15, 0.2) is 18.2 Å². The van der Waals surface area contributed by atoms with Crippen molar-refractivity contribution in [2.45, 2.75) is 33.2 Å². The van der Waals surface area contributed by atoms with Gasteiger partial charge in [0.25, 0.3) is 0 Å². The number of nitrogens with zero attached hydrogens (tertiary/aromatic N) is 1. The summed E-state index contributed by atoms with van der Waals surface area (Å²) in [6.07, 6.45) is 0.500. The van der Waals surface area contributed by atoms with Crippen LogP contribution in [0, 0.1) is 6.92 Å². The lowest BCUT2D eigenvalue weighted by Crippen LogP contribution is -2.32. The normalized spacial score (nSPS) is 10.6. The van der Waals surface area contributed by atoms with Crippen molar-refractivity contribution in [3.63, 3.8) is 0 Å². The van der Waals surface area contributed by atoms with Crippen LogP contribution in [0.4, 0.5) is 5.69 Å². The van der Waals surface area contributed by atoms with E-state index in [1.165, 1.54) is 0 Å². The first-order chi connectivity index (χ1) is 8.95. The number of benzene rings is 1. The Hall–Kier alpha value is -1.55. The van der Waals surface area contributed by atoms with Crippen molar-refractivity contribution in [1.29, 1.82) is 0 Å². The van der Waals surface area contributed by atoms with Gasteiger partial charge in [-0.3, -0.25) is 4.79 Å². The molecule has 4 heteroatoms. The second-order valence-corrected chi connectivity index (χ2v) is 4.97. The molecule has 0 spiro atoms. The van der Waals surface area contributed by atoms with Crippen LogP contribution in [0.2, 0.25) is 0 Å². The number of carbonyl (C=O) groups is 1. The Morgan fingerprint density at radius 1 is 1.42 bits per heavy atom. The predicted octanol–water partition coefficient (Wildman–Crippen LogP) is 2.35. The highest BCUT2D eigenvalue weighted by molar-refractivity contribution is 5.93. The molecule has 0 saturated carbocycles. The number of anilines is 1. The summed E-state index contributed by atoms with van der Waals surface area (Å²) in [4.78, 5) is 13.7. The molecule has 0 aliphatic carbocycles. The lowest BCUT2D eigenvalue weighted by molar-refractivity contribution is -0.118. The number of ether oxygens (including phenoxy) is 1. The van der Waals surface area contributed by atoms with Crippen molar-refractivity contribution in [2.24, 2.45) is 0 Å². The molecule has 0 radical (unpaired) electrons. The maximum Gasteiger partial charge on any atom is 0.227 e. The highest BCUT2D eigenvalue weighted by Gasteiger charge is 2.11. The summed E-state index contributed by atoms with van der Waals surface area (Å²) < 4.78 is 5.22. The van der Waals surface area contributed by atoms with E-state index in [-0.39, 0.29) is 5.91 Å². The fourth-order valence-corrected chi connectivity index (χ4v) is 1.85. The van der Waals surface area contributed by atoms with Crippen LogP contribution in [0.5, 0.6) is 5.75 Å². The number of rotatable bonds is 6. The number of nitrogens with one attached hydrogen (secondary N) is 1. The highest BCUT2D eigenvalue weighted by atomic mass is 16.5. The van der Waals surface area contributed by atoms with Gasteiger partial charge in [-0.2, -0.15) is 0 Å². The fraction of sp³-hybridized carbons (Fsp3) is 0.533. The monoisotopic (exact) mass is 264 g/mol. The minimum absolute atomic E-state index is 0.109. The molecule has 0 aliphatic rings. The Kier molecular flexibility index (Phi) is 5.83. The smallest absolute Gasteiger partial charge is 0.227 e. The van der Waals surface area contributed by atoms with Crippen LogP contribution in [0.1, 0.15) is 25.8 Å². The molecular formula is C15H24N2O2. The molecule has 106 valence electrons. The van der Waals surface area contributed by atoms with E-state index >= 15 is 0 Å². The Morgan fingerprint density at radius 2 is 2.11 bits per heavy atom. The van der Waals surface area contributed by atoms with E-state index in [0.29, 0.717) is 19.0 Å². The van der Waals surface area contributed by atoms with Crippen LogP contribution in [0.25, 0.3) is 0 Å². The molecule has 0 aromatic heterocycles. The van der Waals surface area contributed by atoms with Gasteiger partial charge in [0.15, 0.2) is 0 Å². The summed E-state index contributed by atoms with van der Waals surface area (Å²) in [6.45, 7) is 6.82. The number of methoxy groups -OCH3 is 1. The third kappa shape index (κ3) is 4.56. The number of hydrogen-bond donors (Lipinski definition) is 1. The van der Waals surface area contributed by atoms with Gasteiger partial charge in [-0.25, -0.2) is 0 Å². The summed E-state index contributed by atoms with van der Waals surface area (Å²) in [5.74, 6) is 0.948. The van der Waals surface area contributed by atoms with Crippen LogP contribution >= 0.6 is 0 Å². The van der Waals surface area contributed by atoms with Crippen LogP contribution in [-0.4, -0.2) is 32.7 Å². The molecule has 1 amide bonds. The van der Waals surface area contributed by atoms with Gasteiger partial charge in [0.05, 0.1) is 7.11 Å². The quantitative estimate of drug-likeness (QED) is 0.857. The number of carbonyl (C=O) groups excluding carboxylic acids is 1. The number of aryl methyl sites for hydroxylation is 1. The Labute approximate surface area is 115 Å². The van der Waals surface area contributed by atoms with Gasteiger partial charge in [-0.15, -0.1) is 0 Å². The molecule has 0 bridgehead atoms. The molecule has 4 nitrogen and oxygen atoms in total. The molecule has 1 N–H and O–H groups in total. The summed E-state index contributed by atoms with van der Waals surface area (Å²) in [6, 6.07) is 6.16. The van der Waals surface area contributed by atoms with Gasteiger partial charge >= 0.3 is 0 Å². The van der Waals surface area contributed by atoms with Crippen molar-refractivity contribution in [3.05, 3.63) is 23.8 Å². The molecule has 0 aliphatic heterocycles. The highest BCUT2D eigenvalue weighted by Crippen LogP contribution is 2.23. The van der Waals surface area contributed by atoms with E-state index in [0.717, 1.165) is 17.0 Å². The van der Waals surface area contributed by atoms with Crippen molar-refractivity contribution in [2.75, 3.05) is 25.6 Å². The third-order valence-electron chi connectivity index (χ3n) is 3.03. The third-order valence-corrected chi connectivity index (χ3v) is 3.03. The first kappa shape index (κ1) is 15.5. The van der Waals surface area contributed by atoms with Gasteiger partial charge in [-0.1, -0.05) is 13.8 Å². The molecule has 0 heterocycles. The second kappa shape index (κ2) is 7.14. The minimum atomic E-state index is 0.109. The van der Waals surface area contributed by atoms with Gasteiger partial charge in [-0.05, 0) is 30.7 Å². The van der Waals surface area contributed by atoms with Crippen molar-refractivity contribution in [3.8, 4) is 5.75 Å². The number of amides is 1. The SMILES string of the molecule is COc1ccc(N(C)C(=O)CCNC(C)C)cc1C. The molecule has 19 heavy (non-hydrogen) atoms. The zero-order chi connectivity index (χ0) is 14.4. The molecule has 1 aromatic rings. The van der Waals surface area contributed by atoms with E-state index in [9.17, 15) is 4.79 Å². The van der Waals surface area contributed by atoms with E-state index in [1.807, 2.05) is 25.1 Å². The summed E-state index contributed by atoms with van der Waals surface area (Å²) in [5.41, 5.74) is 1.92. The Balaban J connectivity index is 2.63. The molecule has 0 saturated heterocycles. The van der Waals surface area contributed by atoms with Crippen LogP contribution in [-0.2, 0) is 4.79 Å².